The van der Waals surface area contributed by atoms with Crippen LogP contribution in [0.15, 0.2) is 40.8 Å². The van der Waals surface area contributed by atoms with Crippen molar-refractivity contribution in [3.05, 3.63) is 34.3 Å². The molecule has 1 N–H and O–H groups in total. The summed E-state index contributed by atoms with van der Waals surface area (Å²) >= 11 is 3.84. The Hall–Kier alpha value is -1.35. The van der Waals surface area contributed by atoms with Crippen molar-refractivity contribution in [2.24, 2.45) is 0 Å². The molecule has 0 aliphatic heterocycles. The molecular formula is C12H9IN4OS. The zero-order valence-electron chi connectivity index (χ0n) is 9.92. The molecule has 1 aromatic carbocycles. The quantitative estimate of drug-likeness (QED) is 0.704. The van der Waals surface area contributed by atoms with E-state index >= 15 is 0 Å². The SMILES string of the molecule is COc1ccc(I)c(Sc2nc3ncncc3[nH]2)c1. The molecule has 0 unspecified atom stereocenters. The van der Waals surface area contributed by atoms with Crippen LogP contribution in [0.5, 0.6) is 5.75 Å². The molecule has 0 amide bonds. The Morgan fingerprint density at radius 1 is 1.37 bits per heavy atom. The van der Waals surface area contributed by atoms with Gasteiger partial charge in [0.2, 0.25) is 0 Å². The van der Waals surface area contributed by atoms with Crippen molar-refractivity contribution in [2.75, 3.05) is 7.11 Å². The molecule has 0 saturated heterocycles. The second-order valence-corrected chi connectivity index (χ2v) is 5.89. The minimum absolute atomic E-state index is 0.676. The highest BCUT2D eigenvalue weighted by Crippen LogP contribution is 2.32. The predicted octanol–water partition coefficient (Wildman–Crippen LogP) is 3.12. The van der Waals surface area contributed by atoms with Crippen LogP contribution in [-0.2, 0) is 0 Å². The summed E-state index contributed by atoms with van der Waals surface area (Å²) < 4.78 is 6.38. The fourth-order valence-electron chi connectivity index (χ4n) is 1.58. The van der Waals surface area contributed by atoms with Crippen LogP contribution in [-0.4, -0.2) is 27.0 Å². The minimum Gasteiger partial charge on any atom is -0.497 e. The molecule has 3 aromatic rings. The van der Waals surface area contributed by atoms with E-state index in [9.17, 15) is 0 Å². The maximum absolute atomic E-state index is 5.24. The van der Waals surface area contributed by atoms with Crippen molar-refractivity contribution in [1.82, 2.24) is 19.9 Å². The van der Waals surface area contributed by atoms with E-state index in [1.54, 1.807) is 25.1 Å². The van der Waals surface area contributed by atoms with Crippen molar-refractivity contribution < 1.29 is 4.74 Å². The summed E-state index contributed by atoms with van der Waals surface area (Å²) in [6, 6.07) is 5.95. The number of hydrogen-bond donors (Lipinski definition) is 1. The lowest BCUT2D eigenvalue weighted by atomic mass is 10.3. The zero-order chi connectivity index (χ0) is 13.2. The first-order valence-corrected chi connectivity index (χ1v) is 7.33. The maximum Gasteiger partial charge on any atom is 0.181 e. The molecule has 0 saturated carbocycles. The monoisotopic (exact) mass is 384 g/mol. The number of methoxy groups -OCH3 is 1. The summed E-state index contributed by atoms with van der Waals surface area (Å²) in [5.74, 6) is 0.832. The van der Waals surface area contributed by atoms with E-state index < -0.39 is 0 Å². The van der Waals surface area contributed by atoms with E-state index in [2.05, 4.69) is 42.5 Å². The van der Waals surface area contributed by atoms with E-state index in [0.29, 0.717) is 5.65 Å². The summed E-state index contributed by atoms with van der Waals surface area (Å²) in [6.45, 7) is 0. The van der Waals surface area contributed by atoms with E-state index in [0.717, 1.165) is 24.9 Å². The van der Waals surface area contributed by atoms with E-state index in [1.165, 1.54) is 6.33 Å². The van der Waals surface area contributed by atoms with Crippen LogP contribution in [0.1, 0.15) is 0 Å². The fraction of sp³-hybridized carbons (Fsp3) is 0.0833. The van der Waals surface area contributed by atoms with Gasteiger partial charge in [-0.1, -0.05) is 11.8 Å². The molecule has 0 radical (unpaired) electrons. The number of aromatic amines is 1. The normalized spacial score (nSPS) is 10.8. The zero-order valence-corrected chi connectivity index (χ0v) is 12.9. The summed E-state index contributed by atoms with van der Waals surface area (Å²) in [6.07, 6.45) is 3.21. The van der Waals surface area contributed by atoms with Crippen LogP contribution >= 0.6 is 34.4 Å². The first kappa shape index (κ1) is 12.7. The number of hydrogen-bond acceptors (Lipinski definition) is 5. The molecule has 2 aromatic heterocycles. The summed E-state index contributed by atoms with van der Waals surface area (Å²) in [7, 11) is 1.66. The molecule has 96 valence electrons. The first-order chi connectivity index (χ1) is 9.26. The molecule has 19 heavy (non-hydrogen) atoms. The van der Waals surface area contributed by atoms with Crippen LogP contribution in [0.2, 0.25) is 0 Å². The van der Waals surface area contributed by atoms with Crippen LogP contribution in [0.3, 0.4) is 0 Å². The molecule has 0 spiro atoms. The van der Waals surface area contributed by atoms with Crippen LogP contribution in [0, 0.1) is 3.57 Å². The van der Waals surface area contributed by atoms with Gasteiger partial charge in [-0.15, -0.1) is 0 Å². The Morgan fingerprint density at radius 3 is 3.05 bits per heavy atom. The van der Waals surface area contributed by atoms with Crippen molar-refractivity contribution >= 4 is 45.5 Å². The van der Waals surface area contributed by atoms with Gasteiger partial charge < -0.3 is 9.72 Å². The second kappa shape index (κ2) is 5.33. The molecule has 0 atom stereocenters. The Kier molecular flexibility index (Phi) is 3.56. The minimum atomic E-state index is 0.676. The second-order valence-electron chi connectivity index (χ2n) is 3.70. The Balaban J connectivity index is 1.96. The third-order valence-corrected chi connectivity index (χ3v) is 4.74. The van der Waals surface area contributed by atoms with Gasteiger partial charge in [0.05, 0.1) is 13.3 Å². The number of nitrogens with zero attached hydrogens (tertiary/aromatic N) is 3. The lowest BCUT2D eigenvalue weighted by Crippen LogP contribution is -1.86. The molecule has 0 fully saturated rings. The summed E-state index contributed by atoms with van der Waals surface area (Å²) in [5, 5.41) is 0.793. The highest BCUT2D eigenvalue weighted by Gasteiger charge is 2.09. The van der Waals surface area contributed by atoms with Crippen molar-refractivity contribution in [3.8, 4) is 5.75 Å². The third kappa shape index (κ3) is 2.66. The van der Waals surface area contributed by atoms with Gasteiger partial charge in [-0.3, -0.25) is 0 Å². The van der Waals surface area contributed by atoms with Gasteiger partial charge in [0.15, 0.2) is 10.8 Å². The number of benzene rings is 1. The lowest BCUT2D eigenvalue weighted by Gasteiger charge is -2.05. The van der Waals surface area contributed by atoms with Gasteiger partial charge in [-0.2, -0.15) is 0 Å². The van der Waals surface area contributed by atoms with E-state index in [1.807, 2.05) is 18.2 Å². The largest absolute Gasteiger partial charge is 0.497 e. The number of halogens is 1. The lowest BCUT2D eigenvalue weighted by molar-refractivity contribution is 0.413. The molecule has 2 heterocycles. The summed E-state index contributed by atoms with van der Waals surface area (Å²) in [5.41, 5.74) is 1.51. The molecule has 0 aliphatic carbocycles. The van der Waals surface area contributed by atoms with E-state index in [4.69, 9.17) is 4.74 Å². The van der Waals surface area contributed by atoms with Gasteiger partial charge in [-0.25, -0.2) is 15.0 Å². The average Bonchev–Trinajstić information content (AvgIpc) is 2.83. The van der Waals surface area contributed by atoms with Gasteiger partial charge in [-0.05, 0) is 40.8 Å². The molecule has 0 aliphatic rings. The van der Waals surface area contributed by atoms with Gasteiger partial charge in [0.1, 0.15) is 17.6 Å². The number of aromatic nitrogens is 4. The van der Waals surface area contributed by atoms with Crippen molar-refractivity contribution in [2.45, 2.75) is 10.1 Å². The van der Waals surface area contributed by atoms with Crippen molar-refractivity contribution in [1.29, 1.82) is 0 Å². The Labute approximate surface area is 127 Å². The number of ether oxygens (including phenoxy) is 1. The predicted molar refractivity (Wildman–Crippen MR) is 81.5 cm³/mol. The van der Waals surface area contributed by atoms with Gasteiger partial charge >= 0.3 is 0 Å². The maximum atomic E-state index is 5.24. The smallest absolute Gasteiger partial charge is 0.181 e. The van der Waals surface area contributed by atoms with Gasteiger partial charge in [0, 0.05) is 8.47 Å². The fourth-order valence-corrected chi connectivity index (χ4v) is 3.09. The molecule has 0 bridgehead atoms. The summed E-state index contributed by atoms with van der Waals surface area (Å²) in [4.78, 5) is 16.8. The van der Waals surface area contributed by atoms with Crippen molar-refractivity contribution in [3.63, 3.8) is 0 Å². The molecular weight excluding hydrogens is 375 g/mol. The highest BCUT2D eigenvalue weighted by molar-refractivity contribution is 14.1. The number of fused-ring (bicyclic) bond motifs is 1. The number of nitrogens with one attached hydrogen (secondary N) is 1. The molecule has 5 nitrogen and oxygen atoms in total. The molecule has 3 rings (SSSR count). The van der Waals surface area contributed by atoms with Crippen LogP contribution < -0.4 is 4.74 Å². The Bertz CT molecular complexity index is 698. The highest BCUT2D eigenvalue weighted by atomic mass is 127. The number of H-pyrrole nitrogens is 1. The van der Waals surface area contributed by atoms with Crippen LogP contribution in [0.4, 0.5) is 0 Å². The first-order valence-electron chi connectivity index (χ1n) is 5.43. The standard InChI is InChI=1S/C12H9IN4OS/c1-18-7-2-3-8(13)10(4-7)19-12-16-9-5-14-6-15-11(9)17-12/h2-6H,1H3,(H,14,15,16,17). The van der Waals surface area contributed by atoms with E-state index in [-0.39, 0.29) is 0 Å². The Morgan fingerprint density at radius 2 is 2.26 bits per heavy atom. The third-order valence-electron chi connectivity index (χ3n) is 2.49. The number of imidazole rings is 1. The topological polar surface area (TPSA) is 63.7 Å². The van der Waals surface area contributed by atoms with Gasteiger partial charge in [0.25, 0.3) is 0 Å². The molecule has 7 heteroatoms. The number of rotatable bonds is 3. The van der Waals surface area contributed by atoms with Crippen LogP contribution in [0.25, 0.3) is 11.2 Å². The average molecular weight is 384 g/mol.